The number of primary amides is 1. The first-order chi connectivity index (χ1) is 7.29. The van der Waals surface area contributed by atoms with Crippen molar-refractivity contribution in [2.45, 2.75) is 51.2 Å². The quantitative estimate of drug-likeness (QED) is 0.656. The van der Waals surface area contributed by atoms with E-state index in [1.165, 1.54) is 6.42 Å². The van der Waals surface area contributed by atoms with Crippen molar-refractivity contribution in [3.8, 4) is 0 Å². The lowest BCUT2D eigenvalue weighted by molar-refractivity contribution is -0.162. The molecule has 1 unspecified atom stereocenters. The van der Waals surface area contributed by atoms with Crippen molar-refractivity contribution in [1.82, 2.24) is 0 Å². The standard InChI is InChI=1S/C11H21NO3/c12-10(13)6-2-1-4-8-14-11-7-3-5-9-15-11/h11H,1-9H2,(H2,12,13). The fraction of sp³-hybridized carbons (Fsp3) is 0.909. The van der Waals surface area contributed by atoms with Crippen LogP contribution in [0.15, 0.2) is 0 Å². The number of carbonyl (C=O) groups is 1. The summed E-state index contributed by atoms with van der Waals surface area (Å²) in [4.78, 5) is 10.5. The van der Waals surface area contributed by atoms with Gasteiger partial charge in [-0.15, -0.1) is 0 Å². The van der Waals surface area contributed by atoms with Gasteiger partial charge in [0.05, 0.1) is 0 Å². The molecular weight excluding hydrogens is 194 g/mol. The van der Waals surface area contributed by atoms with Gasteiger partial charge in [-0.05, 0) is 32.1 Å². The van der Waals surface area contributed by atoms with E-state index in [1.54, 1.807) is 0 Å². The topological polar surface area (TPSA) is 61.6 Å². The predicted molar refractivity (Wildman–Crippen MR) is 57.2 cm³/mol. The Hall–Kier alpha value is -0.610. The van der Waals surface area contributed by atoms with E-state index in [4.69, 9.17) is 15.2 Å². The van der Waals surface area contributed by atoms with Crippen molar-refractivity contribution in [3.05, 3.63) is 0 Å². The first kappa shape index (κ1) is 12.5. The molecule has 0 aliphatic carbocycles. The van der Waals surface area contributed by atoms with Crippen molar-refractivity contribution < 1.29 is 14.3 Å². The van der Waals surface area contributed by atoms with Gasteiger partial charge < -0.3 is 15.2 Å². The number of rotatable bonds is 7. The summed E-state index contributed by atoms with van der Waals surface area (Å²) in [6, 6.07) is 0. The van der Waals surface area contributed by atoms with Gasteiger partial charge in [0.1, 0.15) is 0 Å². The van der Waals surface area contributed by atoms with Gasteiger partial charge in [-0.3, -0.25) is 4.79 Å². The van der Waals surface area contributed by atoms with Gasteiger partial charge in [-0.2, -0.15) is 0 Å². The summed E-state index contributed by atoms with van der Waals surface area (Å²) < 4.78 is 11.0. The molecule has 15 heavy (non-hydrogen) atoms. The maximum absolute atomic E-state index is 10.5. The van der Waals surface area contributed by atoms with Crippen LogP contribution in [-0.2, 0) is 14.3 Å². The molecule has 0 saturated carbocycles. The molecule has 2 N–H and O–H groups in total. The van der Waals surface area contributed by atoms with Crippen LogP contribution < -0.4 is 5.73 Å². The minimum Gasteiger partial charge on any atom is -0.370 e. The molecule has 1 heterocycles. The van der Waals surface area contributed by atoms with E-state index in [-0.39, 0.29) is 12.2 Å². The van der Waals surface area contributed by atoms with E-state index in [0.29, 0.717) is 6.42 Å². The van der Waals surface area contributed by atoms with Gasteiger partial charge in [0.2, 0.25) is 5.91 Å². The van der Waals surface area contributed by atoms with Crippen molar-refractivity contribution in [3.63, 3.8) is 0 Å². The highest BCUT2D eigenvalue weighted by Gasteiger charge is 2.13. The van der Waals surface area contributed by atoms with Crippen LogP contribution in [0.3, 0.4) is 0 Å². The minimum atomic E-state index is -0.216. The lowest BCUT2D eigenvalue weighted by Gasteiger charge is -2.22. The number of amides is 1. The number of nitrogens with two attached hydrogens (primary N) is 1. The Bertz CT molecular complexity index is 179. The van der Waals surface area contributed by atoms with E-state index in [0.717, 1.165) is 45.3 Å². The normalized spacial score (nSPS) is 21.5. The van der Waals surface area contributed by atoms with Gasteiger partial charge >= 0.3 is 0 Å². The van der Waals surface area contributed by atoms with Gasteiger partial charge in [0, 0.05) is 19.6 Å². The van der Waals surface area contributed by atoms with Crippen LogP contribution in [0.25, 0.3) is 0 Å². The Morgan fingerprint density at radius 3 is 2.87 bits per heavy atom. The number of ether oxygens (including phenoxy) is 2. The third-order valence-corrected chi connectivity index (χ3v) is 2.51. The molecule has 1 aliphatic heterocycles. The van der Waals surface area contributed by atoms with E-state index in [2.05, 4.69) is 0 Å². The van der Waals surface area contributed by atoms with E-state index in [9.17, 15) is 4.79 Å². The molecular formula is C11H21NO3. The predicted octanol–water partition coefficient (Wildman–Crippen LogP) is 1.58. The summed E-state index contributed by atoms with van der Waals surface area (Å²) >= 11 is 0. The van der Waals surface area contributed by atoms with Crippen LogP contribution in [0.1, 0.15) is 44.9 Å². The molecule has 1 aliphatic rings. The molecule has 0 aromatic carbocycles. The molecule has 1 rings (SSSR count). The molecule has 4 heteroatoms. The summed E-state index contributed by atoms with van der Waals surface area (Å²) in [5.41, 5.74) is 5.03. The first-order valence-corrected chi connectivity index (χ1v) is 5.80. The van der Waals surface area contributed by atoms with Gasteiger partial charge in [-0.1, -0.05) is 6.42 Å². The molecule has 0 bridgehead atoms. The summed E-state index contributed by atoms with van der Waals surface area (Å²) in [5, 5.41) is 0. The molecule has 1 atom stereocenters. The zero-order chi connectivity index (χ0) is 10.9. The fourth-order valence-electron chi connectivity index (χ4n) is 1.64. The highest BCUT2D eigenvalue weighted by Crippen LogP contribution is 2.14. The summed E-state index contributed by atoms with van der Waals surface area (Å²) in [6.07, 6.45) is 6.70. The molecule has 0 aromatic rings. The summed E-state index contributed by atoms with van der Waals surface area (Å²) in [5.74, 6) is -0.216. The maximum Gasteiger partial charge on any atom is 0.217 e. The molecule has 4 nitrogen and oxygen atoms in total. The van der Waals surface area contributed by atoms with Gasteiger partial charge in [0.25, 0.3) is 0 Å². The fourth-order valence-corrected chi connectivity index (χ4v) is 1.64. The lowest BCUT2D eigenvalue weighted by atomic mass is 10.2. The van der Waals surface area contributed by atoms with E-state index >= 15 is 0 Å². The molecule has 1 saturated heterocycles. The Morgan fingerprint density at radius 2 is 2.20 bits per heavy atom. The summed E-state index contributed by atoms with van der Waals surface area (Å²) in [7, 11) is 0. The Kier molecular flexibility index (Phi) is 6.36. The van der Waals surface area contributed by atoms with Crippen LogP contribution in [0.5, 0.6) is 0 Å². The second-order valence-electron chi connectivity index (χ2n) is 3.94. The Labute approximate surface area is 91.1 Å². The third kappa shape index (κ3) is 6.47. The maximum atomic E-state index is 10.5. The molecule has 1 amide bonds. The Morgan fingerprint density at radius 1 is 1.33 bits per heavy atom. The molecule has 0 radical (unpaired) electrons. The van der Waals surface area contributed by atoms with Crippen LogP contribution in [0.4, 0.5) is 0 Å². The molecule has 0 aromatic heterocycles. The van der Waals surface area contributed by atoms with Crippen molar-refractivity contribution in [1.29, 1.82) is 0 Å². The largest absolute Gasteiger partial charge is 0.370 e. The van der Waals surface area contributed by atoms with Crippen LogP contribution in [0, 0.1) is 0 Å². The molecule has 0 spiro atoms. The number of hydrogen-bond donors (Lipinski definition) is 1. The van der Waals surface area contributed by atoms with Crippen molar-refractivity contribution in [2.24, 2.45) is 5.73 Å². The molecule has 1 fully saturated rings. The average Bonchev–Trinajstić information content (AvgIpc) is 2.24. The highest BCUT2D eigenvalue weighted by atomic mass is 16.7. The van der Waals surface area contributed by atoms with Gasteiger partial charge in [-0.25, -0.2) is 0 Å². The monoisotopic (exact) mass is 215 g/mol. The SMILES string of the molecule is NC(=O)CCCCCOC1CCCCO1. The van der Waals surface area contributed by atoms with Crippen LogP contribution in [0.2, 0.25) is 0 Å². The smallest absolute Gasteiger partial charge is 0.217 e. The second-order valence-corrected chi connectivity index (χ2v) is 3.94. The first-order valence-electron chi connectivity index (χ1n) is 5.80. The second kappa shape index (κ2) is 7.65. The van der Waals surface area contributed by atoms with E-state index < -0.39 is 0 Å². The Balaban J connectivity index is 1.85. The number of carbonyl (C=O) groups excluding carboxylic acids is 1. The number of hydrogen-bond acceptors (Lipinski definition) is 3. The number of unbranched alkanes of at least 4 members (excludes halogenated alkanes) is 2. The van der Waals surface area contributed by atoms with Crippen LogP contribution >= 0.6 is 0 Å². The van der Waals surface area contributed by atoms with E-state index in [1.807, 2.05) is 0 Å². The minimum absolute atomic E-state index is 0.00916. The van der Waals surface area contributed by atoms with Crippen LogP contribution in [-0.4, -0.2) is 25.4 Å². The van der Waals surface area contributed by atoms with Crippen molar-refractivity contribution >= 4 is 5.91 Å². The molecule has 88 valence electrons. The average molecular weight is 215 g/mol. The lowest BCUT2D eigenvalue weighted by Crippen LogP contribution is -2.22. The summed E-state index contributed by atoms with van der Waals surface area (Å²) in [6.45, 7) is 1.55. The van der Waals surface area contributed by atoms with Gasteiger partial charge in [0.15, 0.2) is 6.29 Å². The van der Waals surface area contributed by atoms with Crippen molar-refractivity contribution in [2.75, 3.05) is 13.2 Å². The zero-order valence-corrected chi connectivity index (χ0v) is 9.24. The highest BCUT2D eigenvalue weighted by molar-refractivity contribution is 5.73. The third-order valence-electron chi connectivity index (χ3n) is 2.51. The zero-order valence-electron chi connectivity index (χ0n) is 9.24.